The first-order valence-corrected chi connectivity index (χ1v) is 10.5. The summed E-state index contributed by atoms with van der Waals surface area (Å²) in [5.41, 5.74) is 4.76. The molecule has 0 spiro atoms. The number of aryl methyl sites for hydroxylation is 1. The van der Waals surface area contributed by atoms with Crippen molar-refractivity contribution in [3.8, 4) is 5.75 Å². The second-order valence-corrected chi connectivity index (χ2v) is 7.60. The highest BCUT2D eigenvalue weighted by Crippen LogP contribution is 2.22. The van der Waals surface area contributed by atoms with Crippen molar-refractivity contribution in [3.05, 3.63) is 82.9 Å². The van der Waals surface area contributed by atoms with Crippen LogP contribution in [0.4, 0.5) is 5.82 Å². The summed E-state index contributed by atoms with van der Waals surface area (Å²) in [6, 6.07) is 17.7. The number of imidazole rings is 1. The molecule has 0 atom stereocenters. The summed E-state index contributed by atoms with van der Waals surface area (Å²) >= 11 is 6.22. The van der Waals surface area contributed by atoms with Crippen LogP contribution in [-0.2, 0) is 19.6 Å². The van der Waals surface area contributed by atoms with Gasteiger partial charge in [0.2, 0.25) is 0 Å². The SMILES string of the molecule is CCc1cnn2c(NCc3nc4ccc(OCc5ccccc5)cc4[nH]3)cc(Cl)nc12. The number of hydrogen-bond acceptors (Lipinski definition) is 5. The first-order valence-electron chi connectivity index (χ1n) is 10.1. The molecule has 5 aromatic rings. The number of aromatic amines is 1. The summed E-state index contributed by atoms with van der Waals surface area (Å²) in [5, 5.41) is 8.21. The second-order valence-electron chi connectivity index (χ2n) is 7.21. The maximum atomic E-state index is 6.22. The summed E-state index contributed by atoms with van der Waals surface area (Å²) in [4.78, 5) is 12.4. The Hall–Kier alpha value is -3.58. The Morgan fingerprint density at radius 3 is 2.81 bits per heavy atom. The zero-order valence-corrected chi connectivity index (χ0v) is 17.7. The maximum absolute atomic E-state index is 6.22. The van der Waals surface area contributed by atoms with E-state index in [1.54, 1.807) is 10.6 Å². The van der Waals surface area contributed by atoms with Gasteiger partial charge in [0.25, 0.3) is 0 Å². The number of aromatic nitrogens is 5. The second kappa shape index (κ2) is 8.28. The molecule has 0 saturated heterocycles. The Kier molecular flexibility index (Phi) is 5.18. The summed E-state index contributed by atoms with van der Waals surface area (Å²) in [6.07, 6.45) is 2.66. The lowest BCUT2D eigenvalue weighted by atomic mass is 10.2. The van der Waals surface area contributed by atoms with Crippen LogP contribution >= 0.6 is 11.6 Å². The third kappa shape index (κ3) is 4.04. The van der Waals surface area contributed by atoms with E-state index in [1.165, 1.54) is 0 Å². The van der Waals surface area contributed by atoms with Crippen molar-refractivity contribution in [3.63, 3.8) is 0 Å². The molecule has 3 aromatic heterocycles. The third-order valence-corrected chi connectivity index (χ3v) is 5.28. The fourth-order valence-corrected chi connectivity index (χ4v) is 3.67. The zero-order valence-electron chi connectivity index (χ0n) is 17.0. The number of anilines is 1. The molecule has 0 unspecified atom stereocenters. The molecule has 2 aromatic carbocycles. The van der Waals surface area contributed by atoms with Gasteiger partial charge in [-0.2, -0.15) is 9.61 Å². The zero-order chi connectivity index (χ0) is 21.2. The molecule has 0 aliphatic carbocycles. The summed E-state index contributed by atoms with van der Waals surface area (Å²) in [5.74, 6) is 2.37. The quantitative estimate of drug-likeness (QED) is 0.353. The van der Waals surface area contributed by atoms with E-state index in [2.05, 4.69) is 32.3 Å². The maximum Gasteiger partial charge on any atom is 0.162 e. The van der Waals surface area contributed by atoms with Crippen LogP contribution in [0.5, 0.6) is 5.75 Å². The standard InChI is InChI=1S/C23H21ClN6O/c1-2-16-12-26-30-22(11-20(24)29-23(16)30)25-13-21-27-18-9-8-17(10-19(18)28-21)31-14-15-6-4-3-5-7-15/h3-12,25H,2,13-14H2,1H3,(H,27,28). The molecule has 0 radical (unpaired) electrons. The Labute approximate surface area is 184 Å². The van der Waals surface area contributed by atoms with Crippen LogP contribution in [0, 0.1) is 0 Å². The Morgan fingerprint density at radius 2 is 1.97 bits per heavy atom. The van der Waals surface area contributed by atoms with E-state index in [-0.39, 0.29) is 0 Å². The Morgan fingerprint density at radius 1 is 1.10 bits per heavy atom. The van der Waals surface area contributed by atoms with Crippen molar-refractivity contribution in [1.29, 1.82) is 0 Å². The molecule has 156 valence electrons. The highest BCUT2D eigenvalue weighted by molar-refractivity contribution is 6.29. The van der Waals surface area contributed by atoms with E-state index in [0.717, 1.165) is 51.6 Å². The first-order chi connectivity index (χ1) is 15.2. The normalized spacial score (nSPS) is 11.3. The van der Waals surface area contributed by atoms with Crippen LogP contribution < -0.4 is 10.1 Å². The minimum Gasteiger partial charge on any atom is -0.489 e. The molecule has 7 nitrogen and oxygen atoms in total. The summed E-state index contributed by atoms with van der Waals surface area (Å²) in [7, 11) is 0. The number of nitrogens with zero attached hydrogens (tertiary/aromatic N) is 4. The number of ether oxygens (including phenoxy) is 1. The molecule has 0 saturated carbocycles. The van der Waals surface area contributed by atoms with Gasteiger partial charge in [0, 0.05) is 17.7 Å². The monoisotopic (exact) mass is 432 g/mol. The molecule has 8 heteroatoms. The predicted octanol–water partition coefficient (Wildman–Crippen LogP) is 5.01. The average molecular weight is 433 g/mol. The smallest absolute Gasteiger partial charge is 0.162 e. The van der Waals surface area contributed by atoms with Crippen LogP contribution in [0.2, 0.25) is 5.15 Å². The lowest BCUT2D eigenvalue weighted by Crippen LogP contribution is -2.07. The van der Waals surface area contributed by atoms with Crippen molar-refractivity contribution in [1.82, 2.24) is 24.6 Å². The van der Waals surface area contributed by atoms with E-state index >= 15 is 0 Å². The van der Waals surface area contributed by atoms with Gasteiger partial charge in [0.15, 0.2) is 5.65 Å². The van der Waals surface area contributed by atoms with E-state index in [1.807, 2.05) is 54.7 Å². The molecular weight excluding hydrogens is 412 g/mol. The van der Waals surface area contributed by atoms with Crippen molar-refractivity contribution in [2.24, 2.45) is 0 Å². The number of rotatable bonds is 7. The predicted molar refractivity (Wildman–Crippen MR) is 122 cm³/mol. The number of halogens is 1. The van der Waals surface area contributed by atoms with Crippen molar-refractivity contribution in [2.45, 2.75) is 26.5 Å². The average Bonchev–Trinajstić information content (AvgIpc) is 3.39. The lowest BCUT2D eigenvalue weighted by molar-refractivity contribution is 0.306. The van der Waals surface area contributed by atoms with Gasteiger partial charge in [-0.15, -0.1) is 0 Å². The lowest BCUT2D eigenvalue weighted by Gasteiger charge is -2.07. The minimum absolute atomic E-state index is 0.426. The highest BCUT2D eigenvalue weighted by Gasteiger charge is 2.11. The number of fused-ring (bicyclic) bond motifs is 2. The van der Waals surface area contributed by atoms with Gasteiger partial charge in [0.05, 0.1) is 23.8 Å². The molecule has 0 bridgehead atoms. The van der Waals surface area contributed by atoms with E-state index in [9.17, 15) is 0 Å². The number of nitrogens with one attached hydrogen (secondary N) is 2. The minimum atomic E-state index is 0.426. The summed E-state index contributed by atoms with van der Waals surface area (Å²) in [6.45, 7) is 3.09. The van der Waals surface area contributed by atoms with Crippen molar-refractivity contribution < 1.29 is 4.74 Å². The largest absolute Gasteiger partial charge is 0.489 e. The summed E-state index contributed by atoms with van der Waals surface area (Å²) < 4.78 is 7.68. The van der Waals surface area contributed by atoms with E-state index in [0.29, 0.717) is 18.3 Å². The van der Waals surface area contributed by atoms with Crippen LogP contribution in [0.1, 0.15) is 23.9 Å². The molecule has 0 aliphatic heterocycles. The van der Waals surface area contributed by atoms with Gasteiger partial charge < -0.3 is 15.0 Å². The fourth-order valence-electron chi connectivity index (χ4n) is 3.48. The van der Waals surface area contributed by atoms with Gasteiger partial charge >= 0.3 is 0 Å². The third-order valence-electron chi connectivity index (χ3n) is 5.08. The van der Waals surface area contributed by atoms with E-state index < -0.39 is 0 Å². The molecule has 5 rings (SSSR count). The van der Waals surface area contributed by atoms with Crippen molar-refractivity contribution in [2.75, 3.05) is 5.32 Å². The highest BCUT2D eigenvalue weighted by atomic mass is 35.5. The topological polar surface area (TPSA) is 80.1 Å². The van der Waals surface area contributed by atoms with Gasteiger partial charge in [-0.3, -0.25) is 0 Å². The van der Waals surface area contributed by atoms with Gasteiger partial charge in [0.1, 0.15) is 29.2 Å². The van der Waals surface area contributed by atoms with Crippen LogP contribution in [0.15, 0.2) is 60.8 Å². The molecule has 3 heterocycles. The van der Waals surface area contributed by atoms with Crippen LogP contribution in [0.3, 0.4) is 0 Å². The number of benzene rings is 2. The number of hydrogen-bond donors (Lipinski definition) is 2. The fraction of sp³-hybridized carbons (Fsp3) is 0.174. The van der Waals surface area contributed by atoms with Gasteiger partial charge in [-0.1, -0.05) is 48.9 Å². The Balaban J connectivity index is 1.32. The van der Waals surface area contributed by atoms with Crippen molar-refractivity contribution >= 4 is 34.1 Å². The van der Waals surface area contributed by atoms with Gasteiger partial charge in [-0.25, -0.2) is 9.97 Å². The van der Waals surface area contributed by atoms with E-state index in [4.69, 9.17) is 16.3 Å². The van der Waals surface area contributed by atoms with Gasteiger partial charge in [-0.05, 0) is 24.1 Å². The van der Waals surface area contributed by atoms with Crippen LogP contribution in [-0.4, -0.2) is 24.6 Å². The molecule has 2 N–H and O–H groups in total. The molecule has 0 amide bonds. The Bertz CT molecular complexity index is 1340. The molecule has 31 heavy (non-hydrogen) atoms. The van der Waals surface area contributed by atoms with Crippen LogP contribution in [0.25, 0.3) is 16.7 Å². The first kappa shape index (κ1) is 19.4. The molecule has 0 fully saturated rings. The molecular formula is C23H21ClN6O. The number of H-pyrrole nitrogens is 1. The molecule has 0 aliphatic rings.